The molecule has 8 heteroatoms. The van der Waals surface area contributed by atoms with E-state index < -0.39 is 5.97 Å². The monoisotopic (exact) mass is 726 g/mol. The molecular formula is C46H50N2O6. The first-order valence-electron chi connectivity index (χ1n) is 20.1. The average Bonchev–Trinajstić information content (AvgIpc) is 3.18. The molecule has 0 atom stereocenters. The summed E-state index contributed by atoms with van der Waals surface area (Å²) in [5.41, 5.74) is 2.12. The number of amides is 4. The molecule has 280 valence electrons. The molecule has 0 aliphatic carbocycles. The van der Waals surface area contributed by atoms with Crippen LogP contribution in [0.1, 0.15) is 145 Å². The second-order valence-corrected chi connectivity index (χ2v) is 15.0. The highest BCUT2D eigenvalue weighted by Gasteiger charge is 2.39. The summed E-state index contributed by atoms with van der Waals surface area (Å²) < 4.78 is 5.04. The molecule has 2 aliphatic heterocycles. The van der Waals surface area contributed by atoms with Crippen molar-refractivity contribution in [3.63, 3.8) is 0 Å². The Kier molecular flexibility index (Phi) is 11.1. The van der Waals surface area contributed by atoms with Crippen LogP contribution < -0.4 is 0 Å². The molecule has 54 heavy (non-hydrogen) atoms. The van der Waals surface area contributed by atoms with Crippen molar-refractivity contribution in [2.24, 2.45) is 0 Å². The van der Waals surface area contributed by atoms with Gasteiger partial charge in [-0.2, -0.15) is 0 Å². The predicted octanol–water partition coefficient (Wildman–Crippen LogP) is 10.5. The van der Waals surface area contributed by atoms with Crippen LogP contribution in [0.15, 0.2) is 61.2 Å². The Morgan fingerprint density at radius 3 is 1.44 bits per heavy atom. The van der Waals surface area contributed by atoms with Crippen molar-refractivity contribution in [1.29, 1.82) is 0 Å². The van der Waals surface area contributed by atoms with Gasteiger partial charge < -0.3 is 4.74 Å². The zero-order chi connectivity index (χ0) is 37.9. The molecule has 0 saturated carbocycles. The van der Waals surface area contributed by atoms with E-state index in [1.54, 1.807) is 4.90 Å². The van der Waals surface area contributed by atoms with Crippen LogP contribution in [0.2, 0.25) is 0 Å². The van der Waals surface area contributed by atoms with Crippen molar-refractivity contribution in [3.8, 4) is 0 Å². The standard InChI is InChI=1S/C46H50N2O6/c1-4-7-9-13-17-29(18-14-10-8-5-2)48-45(52)36-25-21-32-30-19-23-34-41-35(44(51)47(43(34)50)27-15-11-12-16-28-54-38(49)6-3)24-20-31(39(30)41)33-22-26-37(46(48)53)42(36)40(32)33/h6,19-26,29H,3-5,7-18,27-28H2,1-2H3. The molecule has 0 saturated heterocycles. The van der Waals surface area contributed by atoms with E-state index in [1.807, 2.05) is 48.5 Å². The maximum Gasteiger partial charge on any atom is 0.330 e. The van der Waals surface area contributed by atoms with Gasteiger partial charge in [-0.1, -0.05) is 102 Å². The van der Waals surface area contributed by atoms with E-state index in [9.17, 15) is 24.0 Å². The van der Waals surface area contributed by atoms with Crippen molar-refractivity contribution in [3.05, 3.63) is 83.4 Å². The molecule has 5 aromatic rings. The van der Waals surface area contributed by atoms with Gasteiger partial charge in [-0.3, -0.25) is 29.0 Å². The number of unbranched alkanes of at least 4 members (excludes halogenated alkanes) is 9. The van der Waals surface area contributed by atoms with Gasteiger partial charge in [-0.15, -0.1) is 0 Å². The number of hydrogen-bond acceptors (Lipinski definition) is 6. The minimum Gasteiger partial charge on any atom is -0.463 e. The Labute approximate surface area is 316 Å². The van der Waals surface area contributed by atoms with Crippen molar-refractivity contribution in [1.82, 2.24) is 9.80 Å². The summed E-state index contributed by atoms with van der Waals surface area (Å²) in [6, 6.07) is 15.1. The summed E-state index contributed by atoms with van der Waals surface area (Å²) in [5, 5.41) is 6.65. The summed E-state index contributed by atoms with van der Waals surface area (Å²) in [5.74, 6) is -1.47. The van der Waals surface area contributed by atoms with E-state index in [4.69, 9.17) is 4.74 Å². The summed E-state index contributed by atoms with van der Waals surface area (Å²) in [7, 11) is 0. The number of carbonyl (C=O) groups is 5. The number of ether oxygens (including phenoxy) is 1. The molecule has 0 radical (unpaired) electrons. The minimum absolute atomic E-state index is 0.130. The first-order chi connectivity index (χ1) is 26.3. The largest absolute Gasteiger partial charge is 0.463 e. The van der Waals surface area contributed by atoms with Crippen LogP contribution in [-0.2, 0) is 9.53 Å². The van der Waals surface area contributed by atoms with Gasteiger partial charge in [0.15, 0.2) is 0 Å². The van der Waals surface area contributed by atoms with E-state index in [0.717, 1.165) is 115 Å². The predicted molar refractivity (Wildman–Crippen MR) is 214 cm³/mol. The Balaban J connectivity index is 1.22. The third-order valence-electron chi connectivity index (χ3n) is 11.6. The molecule has 0 N–H and O–H groups in total. The number of fused-ring (bicyclic) bond motifs is 2. The third-order valence-corrected chi connectivity index (χ3v) is 11.6. The fourth-order valence-electron chi connectivity index (χ4n) is 8.84. The lowest BCUT2D eigenvalue weighted by Gasteiger charge is -2.35. The molecular weight excluding hydrogens is 677 g/mol. The van der Waals surface area contributed by atoms with Gasteiger partial charge in [0.2, 0.25) is 0 Å². The molecule has 5 aromatic carbocycles. The van der Waals surface area contributed by atoms with E-state index >= 15 is 0 Å². The normalized spacial score (nSPS) is 14.2. The van der Waals surface area contributed by atoms with Crippen molar-refractivity contribution in [2.45, 2.75) is 110 Å². The second-order valence-electron chi connectivity index (χ2n) is 15.0. The molecule has 0 aromatic heterocycles. The third kappa shape index (κ3) is 6.54. The Morgan fingerprint density at radius 2 is 1.00 bits per heavy atom. The Hall–Kier alpha value is -5.11. The van der Waals surface area contributed by atoms with Crippen molar-refractivity contribution >= 4 is 72.7 Å². The molecule has 4 amide bonds. The first-order valence-corrected chi connectivity index (χ1v) is 20.1. The molecule has 7 rings (SSSR count). The van der Waals surface area contributed by atoms with E-state index in [0.29, 0.717) is 59.0 Å². The molecule has 0 bridgehead atoms. The summed E-state index contributed by atoms with van der Waals surface area (Å²) in [6.07, 6.45) is 14.5. The van der Waals surface area contributed by atoms with E-state index in [-0.39, 0.29) is 29.7 Å². The lowest BCUT2D eigenvalue weighted by Crippen LogP contribution is -2.47. The van der Waals surface area contributed by atoms with Gasteiger partial charge in [0.05, 0.1) is 6.61 Å². The van der Waals surface area contributed by atoms with Gasteiger partial charge in [0, 0.05) is 51.7 Å². The van der Waals surface area contributed by atoms with Gasteiger partial charge in [-0.25, -0.2) is 4.79 Å². The van der Waals surface area contributed by atoms with Gasteiger partial charge in [0.1, 0.15) is 0 Å². The van der Waals surface area contributed by atoms with Gasteiger partial charge >= 0.3 is 5.97 Å². The first kappa shape index (κ1) is 37.2. The fraction of sp³-hybridized carbons (Fsp3) is 0.413. The molecule has 0 unspecified atom stereocenters. The fourth-order valence-corrected chi connectivity index (χ4v) is 8.84. The minimum atomic E-state index is -0.441. The van der Waals surface area contributed by atoms with Crippen LogP contribution >= 0.6 is 0 Å². The number of nitrogens with zero attached hydrogens (tertiary/aromatic N) is 2. The highest BCUT2D eigenvalue weighted by Crippen LogP contribution is 2.46. The molecule has 0 fully saturated rings. The van der Waals surface area contributed by atoms with E-state index in [1.165, 1.54) is 4.90 Å². The van der Waals surface area contributed by atoms with E-state index in [2.05, 4.69) is 20.4 Å². The molecule has 0 spiro atoms. The number of carbonyl (C=O) groups excluding carboxylic acids is 5. The molecule has 2 aliphatic rings. The smallest absolute Gasteiger partial charge is 0.330 e. The summed E-state index contributed by atoms with van der Waals surface area (Å²) in [4.78, 5) is 70.8. The zero-order valence-corrected chi connectivity index (χ0v) is 31.6. The van der Waals surface area contributed by atoms with Crippen LogP contribution in [0.4, 0.5) is 0 Å². The number of rotatable bonds is 19. The average molecular weight is 727 g/mol. The van der Waals surface area contributed by atoms with Crippen LogP contribution in [-0.4, -0.2) is 58.6 Å². The number of hydrogen-bond donors (Lipinski definition) is 0. The maximum absolute atomic E-state index is 14.4. The Morgan fingerprint density at radius 1 is 0.574 bits per heavy atom. The van der Waals surface area contributed by atoms with Crippen LogP contribution in [0.5, 0.6) is 0 Å². The number of benzene rings is 5. The highest BCUT2D eigenvalue weighted by molar-refractivity contribution is 6.41. The lowest BCUT2D eigenvalue weighted by atomic mass is 9.82. The quantitative estimate of drug-likeness (QED) is 0.0210. The molecule has 8 nitrogen and oxygen atoms in total. The van der Waals surface area contributed by atoms with Gasteiger partial charge in [0.25, 0.3) is 23.6 Å². The molecule has 2 heterocycles. The maximum atomic E-state index is 14.4. The highest BCUT2D eigenvalue weighted by atomic mass is 16.5. The summed E-state index contributed by atoms with van der Waals surface area (Å²) in [6.45, 7) is 8.40. The van der Waals surface area contributed by atoms with Crippen LogP contribution in [0.3, 0.4) is 0 Å². The zero-order valence-electron chi connectivity index (χ0n) is 31.6. The lowest BCUT2D eigenvalue weighted by molar-refractivity contribution is -0.137. The van der Waals surface area contributed by atoms with Crippen molar-refractivity contribution < 1.29 is 28.7 Å². The summed E-state index contributed by atoms with van der Waals surface area (Å²) >= 11 is 0. The van der Waals surface area contributed by atoms with Crippen LogP contribution in [0, 0.1) is 0 Å². The van der Waals surface area contributed by atoms with Gasteiger partial charge in [-0.05, 0) is 88.7 Å². The van der Waals surface area contributed by atoms with Crippen LogP contribution in [0.25, 0.3) is 43.1 Å². The number of imide groups is 2. The topological polar surface area (TPSA) is 101 Å². The Bertz CT molecular complexity index is 2160. The SMILES string of the molecule is C=CC(=O)OCCCCCCN1C(=O)c2ccc3c4ccc5c6c(ccc(c7ccc(c2c37)C1=O)c64)C(=O)N(C(CCCCCC)CCCCCC)C5=O. The van der Waals surface area contributed by atoms with Crippen molar-refractivity contribution in [2.75, 3.05) is 13.2 Å². The number of esters is 1. The second kappa shape index (κ2) is 16.1.